The van der Waals surface area contributed by atoms with Crippen molar-refractivity contribution in [2.75, 3.05) is 7.11 Å². The SMILES string of the molecule is COc1ccc(C2(C#CC(=O)O)CCCCC2)cc1OC1CCCC1. The molecule has 0 amide bonds. The van der Waals surface area contributed by atoms with Crippen molar-refractivity contribution in [1.82, 2.24) is 0 Å². The van der Waals surface area contributed by atoms with Gasteiger partial charge in [0.25, 0.3) is 0 Å². The molecular formula is C21H26O4. The molecule has 2 aliphatic rings. The Labute approximate surface area is 149 Å². The number of hydrogen-bond donors (Lipinski definition) is 1. The molecule has 3 rings (SSSR count). The summed E-state index contributed by atoms with van der Waals surface area (Å²) >= 11 is 0. The van der Waals surface area contributed by atoms with Crippen LogP contribution in [0.15, 0.2) is 18.2 Å². The van der Waals surface area contributed by atoms with Gasteiger partial charge >= 0.3 is 5.97 Å². The first-order valence-corrected chi connectivity index (χ1v) is 9.24. The molecule has 0 spiro atoms. The molecule has 0 unspecified atom stereocenters. The Morgan fingerprint density at radius 2 is 1.84 bits per heavy atom. The number of carboxylic acid groups (broad SMARTS) is 1. The number of ether oxygens (including phenoxy) is 2. The van der Waals surface area contributed by atoms with Gasteiger partial charge in [-0.1, -0.05) is 31.2 Å². The van der Waals surface area contributed by atoms with Gasteiger partial charge in [-0.15, -0.1) is 0 Å². The summed E-state index contributed by atoms with van der Waals surface area (Å²) < 4.78 is 11.7. The Morgan fingerprint density at radius 3 is 2.48 bits per heavy atom. The second-order valence-corrected chi connectivity index (χ2v) is 7.09. The first-order chi connectivity index (χ1) is 12.1. The molecule has 25 heavy (non-hydrogen) atoms. The molecule has 0 heterocycles. The maximum absolute atomic E-state index is 11.0. The van der Waals surface area contributed by atoms with E-state index in [0.29, 0.717) is 0 Å². The number of rotatable bonds is 4. The van der Waals surface area contributed by atoms with Crippen LogP contribution in [0.5, 0.6) is 11.5 Å². The van der Waals surface area contributed by atoms with E-state index in [1.165, 1.54) is 19.3 Å². The number of aliphatic carboxylic acids is 1. The fraction of sp³-hybridized carbons (Fsp3) is 0.571. The molecule has 4 nitrogen and oxygen atoms in total. The fourth-order valence-electron chi connectivity index (χ4n) is 4.07. The number of hydrogen-bond acceptors (Lipinski definition) is 3. The lowest BCUT2D eigenvalue weighted by Crippen LogP contribution is -2.27. The average molecular weight is 342 g/mol. The number of carboxylic acids is 1. The molecule has 1 aromatic carbocycles. The molecule has 2 aliphatic carbocycles. The molecule has 2 fully saturated rings. The zero-order valence-electron chi connectivity index (χ0n) is 14.8. The van der Waals surface area contributed by atoms with Crippen LogP contribution in [0.4, 0.5) is 0 Å². The second-order valence-electron chi connectivity index (χ2n) is 7.09. The maximum atomic E-state index is 11.0. The first kappa shape index (κ1) is 17.7. The molecule has 134 valence electrons. The van der Waals surface area contributed by atoms with Gasteiger partial charge in [-0.25, -0.2) is 4.79 Å². The maximum Gasteiger partial charge on any atom is 0.381 e. The topological polar surface area (TPSA) is 55.8 Å². The van der Waals surface area contributed by atoms with Crippen molar-refractivity contribution in [3.63, 3.8) is 0 Å². The van der Waals surface area contributed by atoms with E-state index >= 15 is 0 Å². The molecule has 2 saturated carbocycles. The quantitative estimate of drug-likeness (QED) is 0.829. The van der Waals surface area contributed by atoms with Crippen LogP contribution in [-0.2, 0) is 10.2 Å². The third kappa shape index (κ3) is 4.10. The van der Waals surface area contributed by atoms with Crippen LogP contribution in [0.25, 0.3) is 0 Å². The predicted octanol–water partition coefficient (Wildman–Crippen LogP) is 4.31. The normalized spacial score (nSPS) is 19.7. The molecule has 0 aromatic heterocycles. The summed E-state index contributed by atoms with van der Waals surface area (Å²) in [4.78, 5) is 11.0. The lowest BCUT2D eigenvalue weighted by atomic mass is 9.70. The van der Waals surface area contributed by atoms with Gasteiger partial charge in [0.2, 0.25) is 0 Å². The van der Waals surface area contributed by atoms with Crippen molar-refractivity contribution in [3.05, 3.63) is 23.8 Å². The zero-order chi connectivity index (χ0) is 17.7. The summed E-state index contributed by atoms with van der Waals surface area (Å²) in [5, 5.41) is 9.01. The van der Waals surface area contributed by atoms with E-state index in [4.69, 9.17) is 14.6 Å². The van der Waals surface area contributed by atoms with Gasteiger partial charge in [0, 0.05) is 5.92 Å². The Bertz CT molecular complexity index is 671. The Morgan fingerprint density at radius 1 is 1.12 bits per heavy atom. The molecule has 0 saturated heterocycles. The zero-order valence-corrected chi connectivity index (χ0v) is 14.8. The van der Waals surface area contributed by atoms with Crippen molar-refractivity contribution in [2.24, 2.45) is 0 Å². The highest BCUT2D eigenvalue weighted by Crippen LogP contribution is 2.42. The van der Waals surface area contributed by atoms with Gasteiger partial charge in [-0.2, -0.15) is 0 Å². The van der Waals surface area contributed by atoms with E-state index in [2.05, 4.69) is 11.8 Å². The summed E-state index contributed by atoms with van der Waals surface area (Å²) in [6, 6.07) is 5.97. The van der Waals surface area contributed by atoms with Crippen LogP contribution in [-0.4, -0.2) is 24.3 Å². The second kappa shape index (κ2) is 7.82. The van der Waals surface area contributed by atoms with E-state index in [-0.39, 0.29) is 6.10 Å². The van der Waals surface area contributed by atoms with Crippen LogP contribution in [0.1, 0.15) is 63.4 Å². The molecule has 0 radical (unpaired) electrons. The van der Waals surface area contributed by atoms with Crippen molar-refractivity contribution >= 4 is 5.97 Å². The van der Waals surface area contributed by atoms with Crippen LogP contribution < -0.4 is 9.47 Å². The summed E-state index contributed by atoms with van der Waals surface area (Å²) in [6.45, 7) is 0. The van der Waals surface area contributed by atoms with Crippen LogP contribution in [0, 0.1) is 11.8 Å². The minimum absolute atomic E-state index is 0.247. The smallest absolute Gasteiger partial charge is 0.381 e. The van der Waals surface area contributed by atoms with E-state index in [9.17, 15) is 4.79 Å². The van der Waals surface area contributed by atoms with Gasteiger partial charge in [0.15, 0.2) is 11.5 Å². The Hall–Kier alpha value is -2.15. The van der Waals surface area contributed by atoms with Crippen molar-refractivity contribution in [2.45, 2.75) is 69.3 Å². The molecule has 0 aliphatic heterocycles. The Balaban J connectivity index is 1.95. The van der Waals surface area contributed by atoms with Crippen molar-refractivity contribution < 1.29 is 19.4 Å². The lowest BCUT2D eigenvalue weighted by Gasteiger charge is -2.33. The lowest BCUT2D eigenvalue weighted by molar-refractivity contribution is -0.130. The minimum Gasteiger partial charge on any atom is -0.493 e. The molecule has 0 bridgehead atoms. The van der Waals surface area contributed by atoms with Crippen LogP contribution in [0.2, 0.25) is 0 Å². The summed E-state index contributed by atoms with van der Waals surface area (Å²) in [5.41, 5.74) is 0.659. The fourth-order valence-corrected chi connectivity index (χ4v) is 4.07. The third-order valence-electron chi connectivity index (χ3n) is 5.43. The molecule has 1 aromatic rings. The minimum atomic E-state index is -1.07. The standard InChI is InChI=1S/C21H26O4/c1-24-18-10-9-16(15-19(18)25-17-7-3-4-8-17)21(14-11-20(22)23)12-5-2-6-13-21/h9-10,15,17H,2-8,12-13H2,1H3,(H,22,23). The highest BCUT2D eigenvalue weighted by Gasteiger charge is 2.33. The van der Waals surface area contributed by atoms with E-state index in [0.717, 1.165) is 55.6 Å². The first-order valence-electron chi connectivity index (χ1n) is 9.24. The van der Waals surface area contributed by atoms with Crippen LogP contribution in [0.3, 0.4) is 0 Å². The van der Waals surface area contributed by atoms with Crippen molar-refractivity contribution in [3.8, 4) is 23.3 Å². The summed E-state index contributed by atoms with van der Waals surface area (Å²) in [7, 11) is 1.65. The number of carbonyl (C=O) groups is 1. The molecule has 4 heteroatoms. The largest absolute Gasteiger partial charge is 0.493 e. The van der Waals surface area contributed by atoms with E-state index in [1.807, 2.05) is 18.2 Å². The van der Waals surface area contributed by atoms with Gasteiger partial charge in [-0.05, 0) is 56.2 Å². The summed E-state index contributed by atoms with van der Waals surface area (Å²) in [5.74, 6) is 5.85. The number of methoxy groups -OCH3 is 1. The van der Waals surface area contributed by atoms with E-state index in [1.54, 1.807) is 7.11 Å². The van der Waals surface area contributed by atoms with Gasteiger partial charge < -0.3 is 14.6 Å². The van der Waals surface area contributed by atoms with Gasteiger partial charge in [0.1, 0.15) is 0 Å². The molecule has 1 N–H and O–H groups in total. The monoisotopic (exact) mass is 342 g/mol. The average Bonchev–Trinajstić information content (AvgIpc) is 3.14. The highest BCUT2D eigenvalue weighted by atomic mass is 16.5. The summed E-state index contributed by atoms with van der Waals surface area (Å²) in [6.07, 6.45) is 9.92. The van der Waals surface area contributed by atoms with Gasteiger partial charge in [0.05, 0.1) is 18.6 Å². The van der Waals surface area contributed by atoms with Crippen LogP contribution >= 0.6 is 0 Å². The molecule has 0 atom stereocenters. The predicted molar refractivity (Wildman–Crippen MR) is 96.1 cm³/mol. The highest BCUT2D eigenvalue weighted by molar-refractivity contribution is 5.86. The van der Waals surface area contributed by atoms with E-state index < -0.39 is 11.4 Å². The third-order valence-corrected chi connectivity index (χ3v) is 5.43. The number of benzene rings is 1. The Kier molecular flexibility index (Phi) is 5.53. The van der Waals surface area contributed by atoms with Crippen molar-refractivity contribution in [1.29, 1.82) is 0 Å². The van der Waals surface area contributed by atoms with Gasteiger partial charge in [-0.3, -0.25) is 0 Å². The molecular weight excluding hydrogens is 316 g/mol.